The average Bonchev–Trinajstić information content (AvgIpc) is 2.63. The van der Waals surface area contributed by atoms with E-state index in [4.69, 9.17) is 4.74 Å². The molecule has 4 aliphatic carbocycles. The van der Waals surface area contributed by atoms with Crippen molar-refractivity contribution in [3.8, 4) is 5.75 Å². The van der Waals surface area contributed by atoms with Crippen molar-refractivity contribution in [3.05, 3.63) is 29.8 Å². The zero-order chi connectivity index (χ0) is 19.6. The summed E-state index contributed by atoms with van der Waals surface area (Å²) < 4.78 is 5.63. The molecule has 5 rings (SSSR count). The van der Waals surface area contributed by atoms with Crippen LogP contribution in [0.1, 0.15) is 63.4 Å². The van der Waals surface area contributed by atoms with Crippen LogP contribution in [0.2, 0.25) is 0 Å². The van der Waals surface area contributed by atoms with Crippen molar-refractivity contribution in [1.29, 1.82) is 0 Å². The van der Waals surface area contributed by atoms with Gasteiger partial charge in [0, 0.05) is 12.8 Å². The minimum absolute atomic E-state index is 0.0359. The molecule has 0 unspecified atom stereocenters. The molecule has 2 amide bonds. The van der Waals surface area contributed by atoms with Crippen LogP contribution in [0.4, 0.5) is 0 Å². The van der Waals surface area contributed by atoms with E-state index in [1.165, 1.54) is 44.1 Å². The summed E-state index contributed by atoms with van der Waals surface area (Å²) in [4.78, 5) is 24.4. The van der Waals surface area contributed by atoms with Crippen LogP contribution < -0.4 is 15.6 Å². The topological polar surface area (TPSA) is 67.4 Å². The fraction of sp³-hybridized carbons (Fsp3) is 0.652. The predicted octanol–water partition coefficient (Wildman–Crippen LogP) is 3.91. The van der Waals surface area contributed by atoms with Crippen LogP contribution in [0.25, 0.3) is 0 Å². The maximum Gasteiger partial charge on any atom is 0.238 e. The largest absolute Gasteiger partial charge is 0.494 e. The predicted molar refractivity (Wildman–Crippen MR) is 107 cm³/mol. The molecule has 0 atom stereocenters. The van der Waals surface area contributed by atoms with E-state index in [-0.39, 0.29) is 17.2 Å². The second kappa shape index (κ2) is 8.14. The van der Waals surface area contributed by atoms with Crippen molar-refractivity contribution in [2.45, 2.75) is 64.7 Å². The van der Waals surface area contributed by atoms with Crippen molar-refractivity contribution < 1.29 is 14.3 Å². The monoisotopic (exact) mass is 384 g/mol. The third kappa shape index (κ3) is 4.68. The number of carbonyl (C=O) groups is 2. The van der Waals surface area contributed by atoms with Crippen LogP contribution in [-0.4, -0.2) is 18.4 Å². The molecule has 0 heterocycles. The van der Waals surface area contributed by atoms with Gasteiger partial charge in [-0.1, -0.05) is 17.7 Å². The molecule has 1 aromatic carbocycles. The highest BCUT2D eigenvalue weighted by atomic mass is 16.5. The Morgan fingerprint density at radius 2 is 1.54 bits per heavy atom. The molecule has 0 radical (unpaired) electrons. The lowest BCUT2D eigenvalue weighted by molar-refractivity contribution is -0.134. The molecule has 0 aromatic heterocycles. The molecule has 0 spiro atoms. The number of hydrazine groups is 1. The number of amides is 2. The summed E-state index contributed by atoms with van der Waals surface area (Å²) in [5.74, 6) is 3.12. The van der Waals surface area contributed by atoms with Gasteiger partial charge in [0.1, 0.15) is 5.75 Å². The first kappa shape index (κ1) is 19.3. The van der Waals surface area contributed by atoms with Gasteiger partial charge in [-0.05, 0) is 87.2 Å². The highest BCUT2D eigenvalue weighted by molar-refractivity contribution is 5.82. The van der Waals surface area contributed by atoms with Gasteiger partial charge in [-0.15, -0.1) is 0 Å². The highest BCUT2D eigenvalue weighted by Gasteiger charge is 2.51. The first-order chi connectivity index (χ1) is 13.5. The van der Waals surface area contributed by atoms with Crippen LogP contribution in [0, 0.1) is 30.1 Å². The lowest BCUT2D eigenvalue weighted by Crippen LogP contribution is -2.50. The highest BCUT2D eigenvalue weighted by Crippen LogP contribution is 2.61. The number of hydrogen-bond acceptors (Lipinski definition) is 3. The summed E-state index contributed by atoms with van der Waals surface area (Å²) in [6.07, 6.45) is 9.26. The van der Waals surface area contributed by atoms with E-state index < -0.39 is 0 Å². The van der Waals surface area contributed by atoms with E-state index in [2.05, 4.69) is 10.9 Å². The minimum Gasteiger partial charge on any atom is -0.494 e. The maximum atomic E-state index is 12.4. The lowest BCUT2D eigenvalue weighted by Gasteiger charge is -2.56. The normalized spacial score (nSPS) is 30.1. The molecule has 1 aromatic rings. The standard InChI is InChI=1S/C23H32N2O3/c1-16-4-6-20(7-5-16)28-8-2-3-21(26)24-25-22(27)15-23-12-17-9-18(13-23)11-19(10-17)14-23/h4-7,17-19H,2-3,8-15H2,1H3,(H,24,26)(H,25,27). The molecule has 4 bridgehead atoms. The smallest absolute Gasteiger partial charge is 0.238 e. The Morgan fingerprint density at radius 3 is 2.14 bits per heavy atom. The van der Waals surface area contributed by atoms with Crippen molar-refractivity contribution in [2.75, 3.05) is 6.61 Å². The second-order valence-electron chi connectivity index (χ2n) is 9.46. The Hall–Kier alpha value is -2.04. The Kier molecular flexibility index (Phi) is 5.61. The third-order valence-corrected chi connectivity index (χ3v) is 6.88. The number of rotatable bonds is 7. The van der Waals surface area contributed by atoms with Gasteiger partial charge in [0.2, 0.25) is 11.8 Å². The zero-order valence-electron chi connectivity index (χ0n) is 16.8. The molecule has 5 nitrogen and oxygen atoms in total. The Labute approximate surface area is 167 Å². The molecule has 152 valence electrons. The molecular formula is C23H32N2O3. The first-order valence-corrected chi connectivity index (χ1v) is 10.8. The van der Waals surface area contributed by atoms with Gasteiger partial charge < -0.3 is 4.74 Å². The minimum atomic E-state index is -0.161. The molecule has 0 aliphatic heterocycles. The summed E-state index contributed by atoms with van der Waals surface area (Å²) in [7, 11) is 0. The third-order valence-electron chi connectivity index (χ3n) is 6.88. The summed E-state index contributed by atoms with van der Waals surface area (Å²) in [5.41, 5.74) is 6.61. The molecule has 4 aliphatic rings. The molecule has 2 N–H and O–H groups in total. The summed E-state index contributed by atoms with van der Waals surface area (Å²) in [6, 6.07) is 7.86. The van der Waals surface area contributed by atoms with Gasteiger partial charge in [-0.25, -0.2) is 0 Å². The van der Waals surface area contributed by atoms with E-state index in [9.17, 15) is 9.59 Å². The van der Waals surface area contributed by atoms with E-state index in [1.54, 1.807) is 0 Å². The van der Waals surface area contributed by atoms with Gasteiger partial charge in [0.25, 0.3) is 0 Å². The van der Waals surface area contributed by atoms with Gasteiger partial charge in [-0.3, -0.25) is 20.4 Å². The van der Waals surface area contributed by atoms with Crippen LogP contribution >= 0.6 is 0 Å². The fourth-order valence-corrected chi connectivity index (χ4v) is 6.15. The van der Waals surface area contributed by atoms with E-state index >= 15 is 0 Å². The molecule has 4 saturated carbocycles. The molecule has 5 heteroatoms. The Morgan fingerprint density at radius 1 is 0.964 bits per heavy atom. The number of hydrogen-bond donors (Lipinski definition) is 2. The van der Waals surface area contributed by atoms with Crippen LogP contribution in [0.15, 0.2) is 24.3 Å². The zero-order valence-corrected chi connectivity index (χ0v) is 16.8. The number of aryl methyl sites for hydroxylation is 1. The van der Waals surface area contributed by atoms with Crippen LogP contribution in [-0.2, 0) is 9.59 Å². The molecule has 28 heavy (non-hydrogen) atoms. The quantitative estimate of drug-likeness (QED) is 0.553. The summed E-state index contributed by atoms with van der Waals surface area (Å²) in [5, 5.41) is 0. The number of ether oxygens (including phenoxy) is 1. The van der Waals surface area contributed by atoms with Gasteiger partial charge in [-0.2, -0.15) is 0 Å². The van der Waals surface area contributed by atoms with Gasteiger partial charge >= 0.3 is 0 Å². The van der Waals surface area contributed by atoms with Gasteiger partial charge in [0.15, 0.2) is 0 Å². The fourth-order valence-electron chi connectivity index (χ4n) is 6.15. The number of nitrogens with one attached hydrogen (secondary N) is 2. The van der Waals surface area contributed by atoms with Crippen LogP contribution in [0.5, 0.6) is 5.75 Å². The lowest BCUT2D eigenvalue weighted by atomic mass is 9.49. The van der Waals surface area contributed by atoms with E-state index in [1.807, 2.05) is 31.2 Å². The van der Waals surface area contributed by atoms with Crippen molar-refractivity contribution in [3.63, 3.8) is 0 Å². The molecule has 0 saturated heterocycles. The van der Waals surface area contributed by atoms with Crippen molar-refractivity contribution in [2.24, 2.45) is 23.2 Å². The van der Waals surface area contributed by atoms with E-state index in [0.29, 0.717) is 25.9 Å². The number of carbonyl (C=O) groups excluding carboxylic acids is 2. The number of benzene rings is 1. The Bertz CT molecular complexity index is 678. The van der Waals surface area contributed by atoms with Crippen molar-refractivity contribution in [1.82, 2.24) is 10.9 Å². The van der Waals surface area contributed by atoms with Crippen LogP contribution in [0.3, 0.4) is 0 Å². The first-order valence-electron chi connectivity index (χ1n) is 10.8. The summed E-state index contributed by atoms with van der Waals surface area (Å²) in [6.45, 7) is 2.52. The average molecular weight is 385 g/mol. The Balaban J connectivity index is 1.13. The van der Waals surface area contributed by atoms with Crippen molar-refractivity contribution >= 4 is 11.8 Å². The SMILES string of the molecule is Cc1ccc(OCCCC(=O)NNC(=O)CC23CC4CC(CC(C4)C2)C3)cc1. The summed E-state index contributed by atoms with van der Waals surface area (Å²) >= 11 is 0. The maximum absolute atomic E-state index is 12.4. The molecule has 4 fully saturated rings. The second-order valence-corrected chi connectivity index (χ2v) is 9.46. The molecular weight excluding hydrogens is 352 g/mol. The van der Waals surface area contributed by atoms with Gasteiger partial charge in [0.05, 0.1) is 6.61 Å². The van der Waals surface area contributed by atoms with E-state index in [0.717, 1.165) is 23.5 Å².